The van der Waals surface area contributed by atoms with E-state index in [4.69, 9.17) is 0 Å². The molecule has 0 aromatic rings. The minimum atomic E-state index is 0.0563. The fourth-order valence-electron chi connectivity index (χ4n) is 2.91. The minimum absolute atomic E-state index is 0.0563. The van der Waals surface area contributed by atoms with Gasteiger partial charge < -0.3 is 16.0 Å². The lowest BCUT2D eigenvalue weighted by atomic mass is 9.97. The smallest absolute Gasteiger partial charge is 0.233 e. The summed E-state index contributed by atoms with van der Waals surface area (Å²) in [7, 11) is 1.66. The highest BCUT2D eigenvalue weighted by atomic mass is 16.2. The number of hydrogen-bond donors (Lipinski definition) is 3. The van der Waals surface area contributed by atoms with Crippen molar-refractivity contribution in [2.24, 2.45) is 5.92 Å². The van der Waals surface area contributed by atoms with Crippen molar-refractivity contribution in [3.63, 3.8) is 0 Å². The average Bonchev–Trinajstić information content (AvgIpc) is 2.50. The van der Waals surface area contributed by atoms with E-state index in [1.807, 2.05) is 0 Å². The largest absolute Gasteiger partial charge is 0.358 e. The van der Waals surface area contributed by atoms with Crippen molar-refractivity contribution in [3.05, 3.63) is 0 Å². The van der Waals surface area contributed by atoms with Gasteiger partial charge in [-0.2, -0.15) is 0 Å². The second-order valence-electron chi connectivity index (χ2n) is 5.78. The Balaban J connectivity index is 1.68. The van der Waals surface area contributed by atoms with Crippen LogP contribution in [0.1, 0.15) is 25.7 Å². The number of piperidine rings is 2. The predicted molar refractivity (Wildman–Crippen MR) is 77.3 cm³/mol. The number of carbonyl (C=O) groups excluding carboxylic acids is 2. The summed E-state index contributed by atoms with van der Waals surface area (Å²) in [6.45, 7) is 4.05. The van der Waals surface area contributed by atoms with Crippen LogP contribution in [0.25, 0.3) is 0 Å². The monoisotopic (exact) mass is 282 g/mol. The molecule has 0 aromatic heterocycles. The van der Waals surface area contributed by atoms with Gasteiger partial charge in [-0.3, -0.25) is 14.5 Å². The van der Waals surface area contributed by atoms with Gasteiger partial charge in [0.1, 0.15) is 0 Å². The van der Waals surface area contributed by atoms with Crippen LogP contribution in [-0.2, 0) is 9.59 Å². The zero-order valence-electron chi connectivity index (χ0n) is 12.3. The molecule has 0 spiro atoms. The molecule has 2 saturated heterocycles. The normalized spacial score (nSPS) is 25.1. The van der Waals surface area contributed by atoms with Gasteiger partial charge >= 0.3 is 0 Å². The van der Waals surface area contributed by atoms with Crippen molar-refractivity contribution in [1.82, 2.24) is 20.9 Å². The first-order chi connectivity index (χ1) is 9.69. The van der Waals surface area contributed by atoms with Crippen molar-refractivity contribution < 1.29 is 9.59 Å². The molecule has 0 unspecified atom stereocenters. The second kappa shape index (κ2) is 7.59. The summed E-state index contributed by atoms with van der Waals surface area (Å²) in [6, 6.07) is 0.269. The molecule has 1 atom stereocenters. The van der Waals surface area contributed by atoms with Gasteiger partial charge in [0.2, 0.25) is 11.8 Å². The van der Waals surface area contributed by atoms with Crippen LogP contribution in [-0.4, -0.2) is 62.5 Å². The highest BCUT2D eigenvalue weighted by Gasteiger charge is 2.26. The van der Waals surface area contributed by atoms with Gasteiger partial charge in [0.25, 0.3) is 0 Å². The SMILES string of the molecule is CNC(=O)CN1CCC(NC(=O)[C@@H]2CCCNC2)CC1. The lowest BCUT2D eigenvalue weighted by molar-refractivity contribution is -0.127. The zero-order chi connectivity index (χ0) is 14.4. The third-order valence-electron chi connectivity index (χ3n) is 4.25. The molecule has 6 heteroatoms. The Morgan fingerprint density at radius 1 is 1.25 bits per heavy atom. The van der Waals surface area contributed by atoms with Crippen molar-refractivity contribution in [3.8, 4) is 0 Å². The lowest BCUT2D eigenvalue weighted by Gasteiger charge is -2.33. The van der Waals surface area contributed by atoms with E-state index in [1.165, 1.54) is 0 Å². The van der Waals surface area contributed by atoms with Crippen LogP contribution in [0.3, 0.4) is 0 Å². The third kappa shape index (κ3) is 4.45. The highest BCUT2D eigenvalue weighted by molar-refractivity contribution is 5.79. The van der Waals surface area contributed by atoms with Gasteiger partial charge in [0.15, 0.2) is 0 Å². The van der Waals surface area contributed by atoms with E-state index in [-0.39, 0.29) is 23.8 Å². The van der Waals surface area contributed by atoms with Crippen molar-refractivity contribution in [2.45, 2.75) is 31.7 Å². The van der Waals surface area contributed by atoms with E-state index < -0.39 is 0 Å². The Morgan fingerprint density at radius 2 is 2.00 bits per heavy atom. The Labute approximate surface area is 120 Å². The molecule has 3 N–H and O–H groups in total. The average molecular weight is 282 g/mol. The van der Waals surface area contributed by atoms with Gasteiger partial charge in [-0.25, -0.2) is 0 Å². The molecule has 114 valence electrons. The van der Waals surface area contributed by atoms with Crippen LogP contribution in [0.5, 0.6) is 0 Å². The van der Waals surface area contributed by atoms with Gasteiger partial charge in [-0.1, -0.05) is 0 Å². The number of nitrogens with one attached hydrogen (secondary N) is 3. The molecule has 2 heterocycles. The summed E-state index contributed by atoms with van der Waals surface area (Å²) < 4.78 is 0. The van der Waals surface area contributed by atoms with E-state index >= 15 is 0 Å². The third-order valence-corrected chi connectivity index (χ3v) is 4.25. The Hall–Kier alpha value is -1.14. The number of carbonyl (C=O) groups is 2. The van der Waals surface area contributed by atoms with Crippen LogP contribution in [0.4, 0.5) is 0 Å². The Kier molecular flexibility index (Phi) is 5.79. The van der Waals surface area contributed by atoms with E-state index in [1.54, 1.807) is 7.05 Å². The van der Waals surface area contributed by atoms with E-state index in [0.29, 0.717) is 6.54 Å². The second-order valence-corrected chi connectivity index (χ2v) is 5.78. The van der Waals surface area contributed by atoms with Crippen LogP contribution < -0.4 is 16.0 Å². The van der Waals surface area contributed by atoms with Gasteiger partial charge in [-0.15, -0.1) is 0 Å². The van der Waals surface area contributed by atoms with Crippen LogP contribution in [0, 0.1) is 5.92 Å². The van der Waals surface area contributed by atoms with E-state index in [2.05, 4.69) is 20.9 Å². The molecule has 6 nitrogen and oxygen atoms in total. The number of rotatable bonds is 4. The van der Waals surface area contributed by atoms with E-state index in [0.717, 1.165) is 51.9 Å². The molecule has 0 saturated carbocycles. The summed E-state index contributed by atoms with van der Waals surface area (Å²) >= 11 is 0. The molecule has 0 aliphatic carbocycles. The Morgan fingerprint density at radius 3 is 2.60 bits per heavy atom. The minimum Gasteiger partial charge on any atom is -0.358 e. The fourth-order valence-corrected chi connectivity index (χ4v) is 2.91. The molecule has 20 heavy (non-hydrogen) atoms. The molecule has 2 amide bonds. The van der Waals surface area contributed by atoms with Crippen LogP contribution >= 0.6 is 0 Å². The molecule has 0 aromatic carbocycles. The molecule has 2 aliphatic rings. The maximum absolute atomic E-state index is 12.1. The maximum Gasteiger partial charge on any atom is 0.233 e. The standard InChI is InChI=1S/C14H26N4O2/c1-15-13(19)10-18-7-4-12(5-8-18)17-14(20)11-3-2-6-16-9-11/h11-12,16H,2-10H2,1H3,(H,15,19)(H,17,20)/t11-/m1/s1. The molecule has 2 aliphatic heterocycles. The molecular weight excluding hydrogens is 256 g/mol. The van der Waals surface area contributed by atoms with Crippen molar-refractivity contribution in [2.75, 3.05) is 39.8 Å². The van der Waals surface area contributed by atoms with Gasteiger partial charge in [-0.05, 0) is 32.2 Å². The van der Waals surface area contributed by atoms with Crippen LogP contribution in [0.15, 0.2) is 0 Å². The summed E-state index contributed by atoms with van der Waals surface area (Å²) in [4.78, 5) is 25.6. The van der Waals surface area contributed by atoms with Crippen molar-refractivity contribution in [1.29, 1.82) is 0 Å². The molecular formula is C14H26N4O2. The van der Waals surface area contributed by atoms with Gasteiger partial charge in [0.05, 0.1) is 12.5 Å². The van der Waals surface area contributed by atoms with E-state index in [9.17, 15) is 9.59 Å². The molecule has 2 rings (SSSR count). The summed E-state index contributed by atoms with van der Waals surface area (Å²) in [5.74, 6) is 0.385. The first kappa shape index (κ1) is 15.3. The number of likely N-dealkylation sites (N-methyl/N-ethyl adjacent to an activating group) is 1. The number of nitrogens with zero attached hydrogens (tertiary/aromatic N) is 1. The molecule has 2 fully saturated rings. The summed E-state index contributed by atoms with van der Waals surface area (Å²) in [6.07, 6.45) is 3.95. The highest BCUT2D eigenvalue weighted by Crippen LogP contribution is 2.14. The maximum atomic E-state index is 12.1. The Bertz CT molecular complexity index is 334. The molecule has 0 radical (unpaired) electrons. The fraction of sp³-hybridized carbons (Fsp3) is 0.857. The van der Waals surface area contributed by atoms with Crippen molar-refractivity contribution >= 4 is 11.8 Å². The number of amides is 2. The zero-order valence-corrected chi connectivity index (χ0v) is 12.3. The first-order valence-electron chi connectivity index (χ1n) is 7.63. The quantitative estimate of drug-likeness (QED) is 0.638. The van der Waals surface area contributed by atoms with Crippen LogP contribution in [0.2, 0.25) is 0 Å². The first-order valence-corrected chi connectivity index (χ1v) is 7.63. The predicted octanol–water partition coefficient (Wildman–Crippen LogP) is -0.687. The number of hydrogen-bond acceptors (Lipinski definition) is 4. The molecule has 0 bridgehead atoms. The summed E-state index contributed by atoms with van der Waals surface area (Å²) in [5.41, 5.74) is 0. The number of likely N-dealkylation sites (tertiary alicyclic amines) is 1. The topological polar surface area (TPSA) is 73.5 Å². The van der Waals surface area contributed by atoms with Gasteiger partial charge in [0, 0.05) is 32.7 Å². The summed E-state index contributed by atoms with van der Waals surface area (Å²) in [5, 5.41) is 9.09. The lowest BCUT2D eigenvalue weighted by Crippen LogP contribution is -2.49.